The van der Waals surface area contributed by atoms with Crippen LogP contribution in [-0.2, 0) is 20.9 Å². The second-order valence-corrected chi connectivity index (χ2v) is 7.65. The lowest BCUT2D eigenvalue weighted by molar-refractivity contribution is -0.136. The topological polar surface area (TPSA) is 61.9 Å². The van der Waals surface area contributed by atoms with E-state index in [1.807, 2.05) is 42.1 Å². The van der Waals surface area contributed by atoms with Crippen LogP contribution < -0.4 is 10.2 Å². The van der Waals surface area contributed by atoms with Gasteiger partial charge in [-0.1, -0.05) is 0 Å². The van der Waals surface area contributed by atoms with Crippen LogP contribution >= 0.6 is 0 Å². The quantitative estimate of drug-likeness (QED) is 0.736. The highest BCUT2D eigenvalue weighted by Gasteiger charge is 2.30. The van der Waals surface area contributed by atoms with Crippen LogP contribution in [0.25, 0.3) is 0 Å². The average Bonchev–Trinajstić information content (AvgIpc) is 3.47. The number of anilines is 2. The Morgan fingerprint density at radius 2 is 1.92 bits per heavy atom. The van der Waals surface area contributed by atoms with E-state index < -0.39 is 0 Å². The molecule has 2 saturated carbocycles. The lowest BCUT2D eigenvalue weighted by Gasteiger charge is -2.26. The number of benzene rings is 1. The predicted octanol–water partition coefficient (Wildman–Crippen LogP) is 2.49. The maximum absolute atomic E-state index is 12.5. The number of hydrogen-bond acceptors (Lipinski definition) is 4. The van der Waals surface area contributed by atoms with E-state index in [1.165, 1.54) is 12.8 Å². The SMILES string of the molecule is COCC(=O)N(Cc1cc(NC(=O)C2CC2)ccc1N(C)C)CC1CC1. The molecule has 2 aliphatic carbocycles. The van der Waals surface area contributed by atoms with Gasteiger partial charge >= 0.3 is 0 Å². The smallest absolute Gasteiger partial charge is 0.248 e. The Hall–Kier alpha value is -2.08. The van der Waals surface area contributed by atoms with Gasteiger partial charge in [0.05, 0.1) is 0 Å². The van der Waals surface area contributed by atoms with Crippen molar-refractivity contribution < 1.29 is 14.3 Å². The van der Waals surface area contributed by atoms with Crippen molar-refractivity contribution in [1.29, 1.82) is 0 Å². The summed E-state index contributed by atoms with van der Waals surface area (Å²) >= 11 is 0. The monoisotopic (exact) mass is 359 g/mol. The maximum atomic E-state index is 12.5. The van der Waals surface area contributed by atoms with Crippen molar-refractivity contribution in [1.82, 2.24) is 4.90 Å². The van der Waals surface area contributed by atoms with Gasteiger partial charge in [-0.15, -0.1) is 0 Å². The number of hydrogen-bond donors (Lipinski definition) is 1. The van der Waals surface area contributed by atoms with Gasteiger partial charge in [0.1, 0.15) is 6.61 Å². The zero-order valence-corrected chi connectivity index (χ0v) is 16.0. The Labute approximate surface area is 155 Å². The number of carbonyl (C=O) groups is 2. The number of carbonyl (C=O) groups excluding carboxylic acids is 2. The maximum Gasteiger partial charge on any atom is 0.248 e. The second kappa shape index (κ2) is 8.08. The van der Waals surface area contributed by atoms with E-state index in [0.717, 1.165) is 36.3 Å². The predicted molar refractivity (Wildman–Crippen MR) is 102 cm³/mol. The number of rotatable bonds is 9. The van der Waals surface area contributed by atoms with E-state index in [1.54, 1.807) is 7.11 Å². The molecule has 0 radical (unpaired) electrons. The first-order valence-electron chi connectivity index (χ1n) is 9.35. The van der Waals surface area contributed by atoms with Gasteiger partial charge in [-0.25, -0.2) is 0 Å². The molecular weight excluding hydrogens is 330 g/mol. The van der Waals surface area contributed by atoms with Gasteiger partial charge in [0.25, 0.3) is 0 Å². The summed E-state index contributed by atoms with van der Waals surface area (Å²) in [6, 6.07) is 5.94. The molecule has 3 rings (SSSR count). The molecule has 1 N–H and O–H groups in total. The van der Waals surface area contributed by atoms with Gasteiger partial charge in [-0.2, -0.15) is 0 Å². The van der Waals surface area contributed by atoms with Crippen LogP contribution in [0.4, 0.5) is 11.4 Å². The van der Waals surface area contributed by atoms with Gasteiger partial charge in [0, 0.05) is 51.6 Å². The minimum absolute atomic E-state index is 0.0107. The first-order valence-corrected chi connectivity index (χ1v) is 9.35. The molecule has 142 valence electrons. The Morgan fingerprint density at radius 3 is 2.50 bits per heavy atom. The molecule has 1 aromatic carbocycles. The van der Waals surface area contributed by atoms with Crippen molar-refractivity contribution in [3.8, 4) is 0 Å². The Balaban J connectivity index is 1.78. The molecular formula is C20H29N3O3. The summed E-state index contributed by atoms with van der Waals surface area (Å²) in [4.78, 5) is 28.5. The van der Waals surface area contributed by atoms with Crippen molar-refractivity contribution in [2.75, 3.05) is 44.6 Å². The molecule has 0 saturated heterocycles. The van der Waals surface area contributed by atoms with Crippen LogP contribution in [0.1, 0.15) is 31.2 Å². The highest BCUT2D eigenvalue weighted by molar-refractivity contribution is 5.94. The standard InChI is InChI=1S/C20H29N3O3/c1-22(2)18-9-8-17(21-20(25)15-6-7-15)10-16(18)12-23(11-14-4-5-14)19(24)13-26-3/h8-10,14-15H,4-7,11-13H2,1-3H3,(H,21,25). The molecule has 0 unspecified atom stereocenters. The van der Waals surface area contributed by atoms with Crippen LogP contribution in [0, 0.1) is 11.8 Å². The van der Waals surface area contributed by atoms with Gasteiger partial charge < -0.3 is 19.9 Å². The van der Waals surface area contributed by atoms with E-state index in [0.29, 0.717) is 12.5 Å². The van der Waals surface area contributed by atoms with Crippen LogP contribution in [0.15, 0.2) is 18.2 Å². The molecule has 0 aliphatic heterocycles. The molecule has 2 aliphatic rings. The van der Waals surface area contributed by atoms with Crippen molar-refractivity contribution in [2.45, 2.75) is 32.2 Å². The molecule has 0 spiro atoms. The van der Waals surface area contributed by atoms with Crippen LogP contribution in [-0.4, -0.2) is 51.1 Å². The van der Waals surface area contributed by atoms with Crippen molar-refractivity contribution in [2.24, 2.45) is 11.8 Å². The van der Waals surface area contributed by atoms with E-state index in [4.69, 9.17) is 4.74 Å². The number of amides is 2. The number of methoxy groups -OCH3 is 1. The first-order chi connectivity index (χ1) is 12.5. The minimum Gasteiger partial charge on any atom is -0.377 e. The summed E-state index contributed by atoms with van der Waals surface area (Å²) in [5.41, 5.74) is 2.89. The van der Waals surface area contributed by atoms with E-state index in [9.17, 15) is 9.59 Å². The van der Waals surface area contributed by atoms with Crippen LogP contribution in [0.3, 0.4) is 0 Å². The normalized spacial score (nSPS) is 16.3. The Bertz CT molecular complexity index is 666. The summed E-state index contributed by atoms with van der Waals surface area (Å²) < 4.78 is 5.05. The third-order valence-electron chi connectivity index (χ3n) is 4.93. The number of nitrogens with zero attached hydrogens (tertiary/aromatic N) is 2. The summed E-state index contributed by atoms with van der Waals surface area (Å²) in [7, 11) is 5.53. The molecule has 26 heavy (non-hydrogen) atoms. The van der Waals surface area contributed by atoms with E-state index >= 15 is 0 Å². The molecule has 2 amide bonds. The number of ether oxygens (including phenoxy) is 1. The fourth-order valence-electron chi connectivity index (χ4n) is 3.10. The average molecular weight is 359 g/mol. The largest absolute Gasteiger partial charge is 0.377 e. The first kappa shape index (κ1) is 18.7. The van der Waals surface area contributed by atoms with Gasteiger partial charge in [0.2, 0.25) is 11.8 Å². The highest BCUT2D eigenvalue weighted by Crippen LogP contribution is 2.33. The molecule has 0 heterocycles. The van der Waals surface area contributed by atoms with Crippen LogP contribution in [0.2, 0.25) is 0 Å². The Morgan fingerprint density at radius 1 is 1.19 bits per heavy atom. The molecule has 1 aromatic rings. The summed E-state index contributed by atoms with van der Waals surface area (Å²) in [6.07, 6.45) is 4.34. The zero-order chi connectivity index (χ0) is 18.7. The van der Waals surface area contributed by atoms with E-state index in [-0.39, 0.29) is 24.3 Å². The molecule has 0 atom stereocenters. The van der Waals surface area contributed by atoms with Crippen LogP contribution in [0.5, 0.6) is 0 Å². The van der Waals surface area contributed by atoms with Crippen molar-refractivity contribution in [3.05, 3.63) is 23.8 Å². The molecule has 6 heteroatoms. The van der Waals surface area contributed by atoms with Gasteiger partial charge in [-0.3, -0.25) is 9.59 Å². The summed E-state index contributed by atoms with van der Waals surface area (Å²) in [5.74, 6) is 0.883. The van der Waals surface area contributed by atoms with Gasteiger partial charge in [0.15, 0.2) is 0 Å². The highest BCUT2D eigenvalue weighted by atomic mass is 16.5. The molecule has 0 bridgehead atoms. The number of nitrogens with one attached hydrogen (secondary N) is 1. The summed E-state index contributed by atoms with van der Waals surface area (Å²) in [5, 5.41) is 3.01. The molecule has 2 fully saturated rings. The van der Waals surface area contributed by atoms with Crippen molar-refractivity contribution in [3.63, 3.8) is 0 Å². The fraction of sp³-hybridized carbons (Fsp3) is 0.600. The minimum atomic E-state index is 0.0107. The lowest BCUT2D eigenvalue weighted by atomic mass is 10.1. The van der Waals surface area contributed by atoms with E-state index in [2.05, 4.69) is 5.32 Å². The fourth-order valence-corrected chi connectivity index (χ4v) is 3.10. The van der Waals surface area contributed by atoms with Crippen molar-refractivity contribution >= 4 is 23.2 Å². The molecule has 6 nitrogen and oxygen atoms in total. The lowest BCUT2D eigenvalue weighted by Crippen LogP contribution is -2.35. The third kappa shape index (κ3) is 4.97. The molecule has 0 aromatic heterocycles. The second-order valence-electron chi connectivity index (χ2n) is 7.65. The Kier molecular flexibility index (Phi) is 5.81. The van der Waals surface area contributed by atoms with Gasteiger partial charge in [-0.05, 0) is 55.4 Å². The summed E-state index contributed by atoms with van der Waals surface area (Å²) in [6.45, 7) is 1.40. The zero-order valence-electron chi connectivity index (χ0n) is 16.0. The third-order valence-corrected chi connectivity index (χ3v) is 4.93.